The fraction of sp³-hybridized carbons (Fsp3) is 0.263. The van der Waals surface area contributed by atoms with Crippen molar-refractivity contribution in [2.75, 3.05) is 11.9 Å². The van der Waals surface area contributed by atoms with Crippen LogP contribution in [0, 0.1) is 13.8 Å². The predicted octanol–water partition coefficient (Wildman–Crippen LogP) is 3.30. The molecule has 0 aliphatic rings. The van der Waals surface area contributed by atoms with Crippen LogP contribution < -0.4 is 11.1 Å². The lowest BCUT2D eigenvalue weighted by molar-refractivity contribution is -0.116. The minimum Gasteiger partial charge on any atom is -0.330 e. The SMILES string of the molecule is Cc1ccc(C)c(-c2cn3cc(NC(=O)CCCN)ccc3n2)c1. The summed E-state index contributed by atoms with van der Waals surface area (Å²) in [5.41, 5.74) is 11.5. The van der Waals surface area contributed by atoms with E-state index in [1.54, 1.807) is 0 Å². The van der Waals surface area contributed by atoms with Gasteiger partial charge in [0.2, 0.25) is 5.91 Å². The zero-order chi connectivity index (χ0) is 17.1. The number of pyridine rings is 1. The zero-order valence-electron chi connectivity index (χ0n) is 14.0. The summed E-state index contributed by atoms with van der Waals surface area (Å²) in [7, 11) is 0. The first-order valence-corrected chi connectivity index (χ1v) is 8.13. The van der Waals surface area contributed by atoms with Gasteiger partial charge in [-0.15, -0.1) is 0 Å². The van der Waals surface area contributed by atoms with Crippen molar-refractivity contribution in [2.24, 2.45) is 5.73 Å². The molecule has 0 bridgehead atoms. The molecule has 3 N–H and O–H groups in total. The number of amides is 1. The van der Waals surface area contributed by atoms with Gasteiger partial charge in [0, 0.05) is 24.4 Å². The van der Waals surface area contributed by atoms with Crippen molar-refractivity contribution >= 4 is 17.2 Å². The van der Waals surface area contributed by atoms with Gasteiger partial charge in [0.05, 0.1) is 11.4 Å². The highest BCUT2D eigenvalue weighted by molar-refractivity contribution is 5.90. The Morgan fingerprint density at radius 1 is 1.21 bits per heavy atom. The average molecular weight is 322 g/mol. The third kappa shape index (κ3) is 3.46. The third-order valence-corrected chi connectivity index (χ3v) is 4.01. The normalized spacial score (nSPS) is 11.0. The van der Waals surface area contributed by atoms with Gasteiger partial charge in [-0.2, -0.15) is 0 Å². The molecule has 0 aliphatic heterocycles. The smallest absolute Gasteiger partial charge is 0.224 e. The molecule has 2 aromatic heterocycles. The topological polar surface area (TPSA) is 72.4 Å². The maximum atomic E-state index is 11.8. The van der Waals surface area contributed by atoms with Crippen molar-refractivity contribution in [3.63, 3.8) is 0 Å². The van der Waals surface area contributed by atoms with Crippen LogP contribution in [0.2, 0.25) is 0 Å². The standard InChI is InChI=1S/C19H22N4O/c1-13-5-6-14(2)16(10-13)17-12-23-11-15(7-8-18(23)22-17)21-19(24)4-3-9-20/h5-8,10-12H,3-4,9,20H2,1-2H3,(H,21,24). The third-order valence-electron chi connectivity index (χ3n) is 4.01. The van der Waals surface area contributed by atoms with Crippen molar-refractivity contribution in [1.29, 1.82) is 0 Å². The van der Waals surface area contributed by atoms with Crippen LogP contribution in [-0.2, 0) is 4.79 Å². The summed E-state index contributed by atoms with van der Waals surface area (Å²) in [5, 5.41) is 2.90. The molecule has 2 heterocycles. The average Bonchev–Trinajstić information content (AvgIpc) is 2.98. The van der Waals surface area contributed by atoms with E-state index in [0.717, 1.165) is 22.6 Å². The molecule has 0 radical (unpaired) electrons. The highest BCUT2D eigenvalue weighted by atomic mass is 16.1. The Kier molecular flexibility index (Phi) is 4.62. The number of anilines is 1. The number of nitrogens with one attached hydrogen (secondary N) is 1. The second-order valence-electron chi connectivity index (χ2n) is 6.07. The molecule has 24 heavy (non-hydrogen) atoms. The summed E-state index contributed by atoms with van der Waals surface area (Å²) < 4.78 is 1.94. The molecule has 3 aromatic rings. The van der Waals surface area contributed by atoms with Gasteiger partial charge in [-0.3, -0.25) is 4.79 Å². The highest BCUT2D eigenvalue weighted by Crippen LogP contribution is 2.25. The number of carbonyl (C=O) groups excluding carboxylic acids is 1. The van der Waals surface area contributed by atoms with Crippen molar-refractivity contribution in [2.45, 2.75) is 26.7 Å². The number of imidazole rings is 1. The van der Waals surface area contributed by atoms with Crippen molar-refractivity contribution in [3.05, 3.63) is 53.9 Å². The van der Waals surface area contributed by atoms with Crippen molar-refractivity contribution in [3.8, 4) is 11.3 Å². The van der Waals surface area contributed by atoms with Crippen LogP contribution in [0.3, 0.4) is 0 Å². The van der Waals surface area contributed by atoms with Crippen molar-refractivity contribution in [1.82, 2.24) is 9.38 Å². The van der Waals surface area contributed by atoms with Crippen LogP contribution in [0.1, 0.15) is 24.0 Å². The lowest BCUT2D eigenvalue weighted by atomic mass is 10.0. The molecule has 5 heteroatoms. The van der Waals surface area contributed by atoms with Crippen LogP contribution in [0.25, 0.3) is 16.9 Å². The molecule has 1 amide bonds. The molecule has 124 valence electrons. The van der Waals surface area contributed by atoms with Crippen LogP contribution in [0.4, 0.5) is 5.69 Å². The quantitative estimate of drug-likeness (QED) is 0.757. The molecule has 0 aliphatic carbocycles. The fourth-order valence-corrected chi connectivity index (χ4v) is 2.69. The number of rotatable bonds is 5. The Balaban J connectivity index is 1.89. The van der Waals surface area contributed by atoms with Gasteiger partial charge in [-0.25, -0.2) is 4.98 Å². The largest absolute Gasteiger partial charge is 0.330 e. The number of hydrogen-bond acceptors (Lipinski definition) is 3. The van der Waals surface area contributed by atoms with E-state index >= 15 is 0 Å². The van der Waals surface area contributed by atoms with E-state index in [-0.39, 0.29) is 5.91 Å². The van der Waals surface area contributed by atoms with E-state index in [1.807, 2.05) is 28.9 Å². The first-order chi connectivity index (χ1) is 11.6. The van der Waals surface area contributed by atoms with Gasteiger partial charge in [0.1, 0.15) is 5.65 Å². The Bertz CT molecular complexity index is 882. The first-order valence-electron chi connectivity index (χ1n) is 8.13. The number of fused-ring (bicyclic) bond motifs is 1. The summed E-state index contributed by atoms with van der Waals surface area (Å²) in [5.74, 6) is -0.0188. The molecule has 5 nitrogen and oxygen atoms in total. The number of benzene rings is 1. The predicted molar refractivity (Wildman–Crippen MR) is 97.0 cm³/mol. The lowest BCUT2D eigenvalue weighted by Gasteiger charge is -2.05. The number of aryl methyl sites for hydroxylation is 2. The number of carbonyl (C=O) groups is 1. The summed E-state index contributed by atoms with van der Waals surface area (Å²) in [6.45, 7) is 4.68. The first kappa shape index (κ1) is 16.2. The van der Waals surface area contributed by atoms with E-state index in [1.165, 1.54) is 11.1 Å². The van der Waals surface area contributed by atoms with Gasteiger partial charge in [-0.05, 0) is 50.6 Å². The fourth-order valence-electron chi connectivity index (χ4n) is 2.69. The van der Waals surface area contributed by atoms with E-state index in [9.17, 15) is 4.79 Å². The molecular weight excluding hydrogens is 300 g/mol. The Morgan fingerprint density at radius 2 is 2.04 bits per heavy atom. The minimum absolute atomic E-state index is 0.0188. The molecular formula is C19H22N4O. The second kappa shape index (κ2) is 6.84. The summed E-state index contributed by atoms with van der Waals surface area (Å²) in [6.07, 6.45) is 5.01. The lowest BCUT2D eigenvalue weighted by Crippen LogP contribution is -2.13. The molecule has 0 spiro atoms. The Morgan fingerprint density at radius 3 is 2.83 bits per heavy atom. The molecule has 1 aromatic carbocycles. The maximum absolute atomic E-state index is 11.8. The van der Waals surface area contributed by atoms with Gasteiger partial charge in [0.25, 0.3) is 0 Å². The van der Waals surface area contributed by atoms with Crippen LogP contribution in [-0.4, -0.2) is 21.8 Å². The molecule has 0 fully saturated rings. The number of nitrogens with two attached hydrogens (primary N) is 1. The summed E-state index contributed by atoms with van der Waals surface area (Å²) in [6, 6.07) is 10.1. The minimum atomic E-state index is -0.0188. The van der Waals surface area contributed by atoms with Crippen LogP contribution in [0.5, 0.6) is 0 Å². The summed E-state index contributed by atoms with van der Waals surface area (Å²) in [4.78, 5) is 16.5. The van der Waals surface area contributed by atoms with Crippen molar-refractivity contribution < 1.29 is 4.79 Å². The van der Waals surface area contributed by atoms with E-state index in [4.69, 9.17) is 5.73 Å². The Labute approximate surface area is 141 Å². The summed E-state index contributed by atoms with van der Waals surface area (Å²) >= 11 is 0. The molecule has 0 unspecified atom stereocenters. The van der Waals surface area contributed by atoms with Gasteiger partial charge in [-0.1, -0.05) is 17.7 Å². The van der Waals surface area contributed by atoms with Gasteiger partial charge < -0.3 is 15.5 Å². The molecule has 0 saturated carbocycles. The zero-order valence-corrected chi connectivity index (χ0v) is 14.0. The second-order valence-corrected chi connectivity index (χ2v) is 6.07. The monoisotopic (exact) mass is 322 g/mol. The van der Waals surface area contributed by atoms with E-state index in [0.29, 0.717) is 19.4 Å². The highest BCUT2D eigenvalue weighted by Gasteiger charge is 2.09. The van der Waals surface area contributed by atoms with E-state index < -0.39 is 0 Å². The number of nitrogens with zero attached hydrogens (tertiary/aromatic N) is 2. The van der Waals surface area contributed by atoms with Gasteiger partial charge in [0.15, 0.2) is 0 Å². The molecule has 0 atom stereocenters. The molecule has 0 saturated heterocycles. The number of hydrogen-bond donors (Lipinski definition) is 2. The maximum Gasteiger partial charge on any atom is 0.224 e. The van der Waals surface area contributed by atoms with Crippen LogP contribution >= 0.6 is 0 Å². The Hall–Kier alpha value is -2.66. The van der Waals surface area contributed by atoms with Gasteiger partial charge >= 0.3 is 0 Å². The van der Waals surface area contributed by atoms with Crippen LogP contribution in [0.15, 0.2) is 42.7 Å². The van der Waals surface area contributed by atoms with E-state index in [2.05, 4.69) is 42.3 Å². The number of aromatic nitrogens is 2. The molecule has 3 rings (SSSR count).